The molecule has 4 heteroatoms. The van der Waals surface area contributed by atoms with Crippen molar-refractivity contribution < 1.29 is 9.15 Å². The fourth-order valence-electron chi connectivity index (χ4n) is 1.02. The largest absolute Gasteiger partial charge is 0.484 e. The lowest BCUT2D eigenvalue weighted by atomic mass is 10.3. The molecule has 0 atom stereocenters. The van der Waals surface area contributed by atoms with Gasteiger partial charge in [0.25, 0.3) is 0 Å². The third kappa shape index (κ3) is 2.35. The minimum absolute atomic E-state index is 0.343. The molecule has 0 aliphatic rings. The number of para-hydroxylation sites is 1. The first-order chi connectivity index (χ1) is 6.84. The lowest BCUT2D eigenvalue weighted by Crippen LogP contribution is -1.94. The van der Waals surface area contributed by atoms with Crippen molar-refractivity contribution in [1.29, 1.82) is 0 Å². The quantitative estimate of drug-likeness (QED) is 0.844. The van der Waals surface area contributed by atoms with Gasteiger partial charge in [0.15, 0.2) is 6.61 Å². The molecule has 1 heterocycles. The van der Waals surface area contributed by atoms with Crippen molar-refractivity contribution in [1.82, 2.24) is 4.98 Å². The Morgan fingerprint density at radius 1 is 1.29 bits per heavy atom. The van der Waals surface area contributed by atoms with Crippen molar-refractivity contribution >= 4 is 15.9 Å². The van der Waals surface area contributed by atoms with Crippen LogP contribution in [0.3, 0.4) is 0 Å². The topological polar surface area (TPSA) is 35.3 Å². The number of rotatable bonds is 3. The molecule has 2 aromatic rings. The van der Waals surface area contributed by atoms with Gasteiger partial charge in [-0.15, -0.1) is 0 Å². The van der Waals surface area contributed by atoms with Crippen molar-refractivity contribution in [2.75, 3.05) is 0 Å². The predicted molar refractivity (Wildman–Crippen MR) is 55.0 cm³/mol. The Morgan fingerprint density at radius 2 is 2.07 bits per heavy atom. The second-order valence-corrected chi connectivity index (χ2v) is 3.48. The van der Waals surface area contributed by atoms with Crippen molar-refractivity contribution in [3.05, 3.63) is 47.1 Å². The number of hydrogen-bond acceptors (Lipinski definition) is 3. The zero-order valence-electron chi connectivity index (χ0n) is 7.31. The van der Waals surface area contributed by atoms with Crippen LogP contribution in [0.4, 0.5) is 0 Å². The SMILES string of the molecule is Brc1coc(COc2ccccc2)n1. The first-order valence-electron chi connectivity index (χ1n) is 4.12. The van der Waals surface area contributed by atoms with Crippen LogP contribution in [0.15, 0.2) is 45.6 Å². The van der Waals surface area contributed by atoms with E-state index in [1.807, 2.05) is 30.3 Å². The first-order valence-corrected chi connectivity index (χ1v) is 4.91. The van der Waals surface area contributed by atoms with Gasteiger partial charge < -0.3 is 9.15 Å². The summed E-state index contributed by atoms with van der Waals surface area (Å²) in [5, 5.41) is 0. The Kier molecular flexibility index (Phi) is 2.84. The van der Waals surface area contributed by atoms with E-state index < -0.39 is 0 Å². The molecular weight excluding hydrogens is 246 g/mol. The zero-order chi connectivity index (χ0) is 9.80. The van der Waals surface area contributed by atoms with Crippen LogP contribution in [-0.2, 0) is 6.61 Å². The predicted octanol–water partition coefficient (Wildman–Crippen LogP) is 3.02. The van der Waals surface area contributed by atoms with Gasteiger partial charge in [-0.1, -0.05) is 18.2 Å². The number of ether oxygens (including phenoxy) is 1. The first kappa shape index (κ1) is 9.27. The molecule has 0 N–H and O–H groups in total. The van der Waals surface area contributed by atoms with Gasteiger partial charge in [-0.05, 0) is 28.1 Å². The highest BCUT2D eigenvalue weighted by molar-refractivity contribution is 9.10. The van der Waals surface area contributed by atoms with Crippen LogP contribution in [0.1, 0.15) is 5.89 Å². The van der Waals surface area contributed by atoms with Gasteiger partial charge in [-0.2, -0.15) is 0 Å². The van der Waals surface area contributed by atoms with Gasteiger partial charge in [-0.3, -0.25) is 0 Å². The van der Waals surface area contributed by atoms with Gasteiger partial charge in [0.2, 0.25) is 5.89 Å². The van der Waals surface area contributed by atoms with Gasteiger partial charge in [-0.25, -0.2) is 4.98 Å². The molecule has 0 bridgehead atoms. The lowest BCUT2D eigenvalue weighted by Gasteiger charge is -2.01. The number of aromatic nitrogens is 1. The number of nitrogens with zero attached hydrogens (tertiary/aromatic N) is 1. The summed E-state index contributed by atoms with van der Waals surface area (Å²) in [4.78, 5) is 4.05. The van der Waals surface area contributed by atoms with Crippen LogP contribution < -0.4 is 4.74 Å². The van der Waals surface area contributed by atoms with Crippen LogP contribution in [0.5, 0.6) is 5.75 Å². The summed E-state index contributed by atoms with van der Waals surface area (Å²) in [6, 6.07) is 9.55. The normalized spacial score (nSPS) is 10.1. The summed E-state index contributed by atoms with van der Waals surface area (Å²) >= 11 is 3.20. The molecule has 0 saturated carbocycles. The summed E-state index contributed by atoms with van der Waals surface area (Å²) in [6.07, 6.45) is 1.53. The molecule has 72 valence electrons. The molecule has 0 unspecified atom stereocenters. The van der Waals surface area contributed by atoms with Crippen LogP contribution >= 0.6 is 15.9 Å². The average molecular weight is 254 g/mol. The van der Waals surface area contributed by atoms with E-state index in [0.29, 0.717) is 17.1 Å². The third-order valence-electron chi connectivity index (χ3n) is 1.63. The lowest BCUT2D eigenvalue weighted by molar-refractivity contribution is 0.263. The highest BCUT2D eigenvalue weighted by atomic mass is 79.9. The van der Waals surface area contributed by atoms with E-state index in [1.165, 1.54) is 6.26 Å². The molecule has 2 rings (SSSR count). The third-order valence-corrected chi connectivity index (χ3v) is 1.99. The van der Waals surface area contributed by atoms with Crippen molar-refractivity contribution in [3.63, 3.8) is 0 Å². The molecule has 14 heavy (non-hydrogen) atoms. The standard InChI is InChI=1S/C10H8BrNO2/c11-9-6-14-10(12-9)7-13-8-4-2-1-3-5-8/h1-6H,7H2. The summed E-state index contributed by atoms with van der Waals surface area (Å²) < 4.78 is 11.2. The monoisotopic (exact) mass is 253 g/mol. The summed E-state index contributed by atoms with van der Waals surface area (Å²) in [6.45, 7) is 0.343. The number of halogens is 1. The molecule has 0 radical (unpaired) electrons. The Hall–Kier alpha value is -1.29. The fraction of sp³-hybridized carbons (Fsp3) is 0.100. The number of hydrogen-bond donors (Lipinski definition) is 0. The molecule has 0 amide bonds. The molecule has 1 aromatic heterocycles. The van der Waals surface area contributed by atoms with E-state index in [9.17, 15) is 0 Å². The van der Waals surface area contributed by atoms with E-state index in [0.717, 1.165) is 5.75 Å². The highest BCUT2D eigenvalue weighted by Gasteiger charge is 2.01. The van der Waals surface area contributed by atoms with Crippen LogP contribution in [-0.4, -0.2) is 4.98 Å². The number of benzene rings is 1. The minimum Gasteiger partial charge on any atom is -0.484 e. The van der Waals surface area contributed by atoms with Crippen molar-refractivity contribution in [2.24, 2.45) is 0 Å². The van der Waals surface area contributed by atoms with E-state index in [2.05, 4.69) is 20.9 Å². The second-order valence-electron chi connectivity index (χ2n) is 2.67. The van der Waals surface area contributed by atoms with Gasteiger partial charge in [0.1, 0.15) is 16.6 Å². The summed E-state index contributed by atoms with van der Waals surface area (Å²) in [5.41, 5.74) is 0. The Labute approximate surface area is 89.8 Å². The van der Waals surface area contributed by atoms with Gasteiger partial charge in [0, 0.05) is 0 Å². The molecule has 3 nitrogen and oxygen atoms in total. The van der Waals surface area contributed by atoms with E-state index in [4.69, 9.17) is 9.15 Å². The second kappa shape index (κ2) is 4.28. The van der Waals surface area contributed by atoms with Gasteiger partial charge >= 0.3 is 0 Å². The minimum atomic E-state index is 0.343. The van der Waals surface area contributed by atoms with Crippen LogP contribution in [0.2, 0.25) is 0 Å². The Morgan fingerprint density at radius 3 is 2.71 bits per heavy atom. The maximum Gasteiger partial charge on any atom is 0.233 e. The summed E-state index contributed by atoms with van der Waals surface area (Å²) in [5.74, 6) is 1.36. The maximum absolute atomic E-state index is 5.43. The molecular formula is C10H8BrNO2. The molecule has 0 aliphatic carbocycles. The molecule has 0 fully saturated rings. The molecule has 0 spiro atoms. The molecule has 0 aliphatic heterocycles. The van der Waals surface area contributed by atoms with Crippen LogP contribution in [0, 0.1) is 0 Å². The summed E-state index contributed by atoms with van der Waals surface area (Å²) in [7, 11) is 0. The smallest absolute Gasteiger partial charge is 0.233 e. The van der Waals surface area contributed by atoms with E-state index in [-0.39, 0.29) is 0 Å². The van der Waals surface area contributed by atoms with Gasteiger partial charge in [0.05, 0.1) is 0 Å². The van der Waals surface area contributed by atoms with E-state index >= 15 is 0 Å². The fourth-order valence-corrected chi connectivity index (χ4v) is 1.31. The molecule has 1 aromatic carbocycles. The average Bonchev–Trinajstić information content (AvgIpc) is 2.63. The van der Waals surface area contributed by atoms with Crippen LogP contribution in [0.25, 0.3) is 0 Å². The highest BCUT2D eigenvalue weighted by Crippen LogP contribution is 2.13. The van der Waals surface area contributed by atoms with Crippen molar-refractivity contribution in [3.8, 4) is 5.75 Å². The maximum atomic E-state index is 5.43. The zero-order valence-corrected chi connectivity index (χ0v) is 8.90. The number of oxazole rings is 1. The van der Waals surface area contributed by atoms with Crippen molar-refractivity contribution in [2.45, 2.75) is 6.61 Å². The van der Waals surface area contributed by atoms with E-state index in [1.54, 1.807) is 0 Å². The Bertz CT molecular complexity index is 400. The Balaban J connectivity index is 1.95. The molecule has 0 saturated heterocycles.